The smallest absolute Gasteiger partial charge is 0.147 e. The van der Waals surface area contributed by atoms with E-state index < -0.39 is 0 Å². The molecule has 2 heterocycles. The standard InChI is InChI=1S/C17H15N5/c1-4-22-6-5-15-16(21(3)11-12(2)17(15)22)7-13(8-18)14(9-19)10-20/h4-7,12H,1,11H2,2-3H3/b16-7+. The number of hydrogen-bond donors (Lipinski definition) is 0. The van der Waals surface area contributed by atoms with Crippen molar-refractivity contribution in [1.82, 2.24) is 9.47 Å². The summed E-state index contributed by atoms with van der Waals surface area (Å²) in [6, 6.07) is 7.44. The van der Waals surface area contributed by atoms with E-state index in [4.69, 9.17) is 10.5 Å². The molecule has 5 heteroatoms. The lowest BCUT2D eigenvalue weighted by Crippen LogP contribution is -2.28. The zero-order valence-corrected chi connectivity index (χ0v) is 12.5. The molecule has 2 rings (SSSR count). The number of likely N-dealkylation sites (N-methyl/N-ethyl adjacent to an activating group) is 1. The van der Waals surface area contributed by atoms with E-state index in [1.165, 1.54) is 0 Å². The van der Waals surface area contributed by atoms with Gasteiger partial charge in [-0.1, -0.05) is 13.5 Å². The van der Waals surface area contributed by atoms with Crippen molar-refractivity contribution in [2.24, 2.45) is 0 Å². The van der Waals surface area contributed by atoms with Gasteiger partial charge in [-0.25, -0.2) is 0 Å². The Morgan fingerprint density at radius 1 is 1.32 bits per heavy atom. The van der Waals surface area contributed by atoms with Crippen molar-refractivity contribution in [3.63, 3.8) is 0 Å². The summed E-state index contributed by atoms with van der Waals surface area (Å²) in [7, 11) is 1.93. The molecule has 0 spiro atoms. The van der Waals surface area contributed by atoms with E-state index in [0.717, 1.165) is 23.5 Å². The van der Waals surface area contributed by atoms with Crippen LogP contribution in [0.2, 0.25) is 0 Å². The molecule has 0 radical (unpaired) electrons. The molecule has 0 saturated carbocycles. The highest BCUT2D eigenvalue weighted by atomic mass is 15.1. The quantitative estimate of drug-likeness (QED) is 0.784. The average molecular weight is 289 g/mol. The molecule has 0 aliphatic carbocycles. The minimum Gasteiger partial charge on any atom is -0.373 e. The predicted molar refractivity (Wildman–Crippen MR) is 83.7 cm³/mol. The number of allylic oxidation sites excluding steroid dienone is 3. The van der Waals surface area contributed by atoms with Gasteiger partial charge in [-0.05, 0) is 12.1 Å². The van der Waals surface area contributed by atoms with Gasteiger partial charge in [0.1, 0.15) is 23.8 Å². The molecule has 108 valence electrons. The maximum absolute atomic E-state index is 9.23. The van der Waals surface area contributed by atoms with Gasteiger partial charge in [-0.3, -0.25) is 0 Å². The fraction of sp³-hybridized carbons (Fsp3) is 0.235. The largest absolute Gasteiger partial charge is 0.373 e. The van der Waals surface area contributed by atoms with Crippen LogP contribution in [0.3, 0.4) is 0 Å². The van der Waals surface area contributed by atoms with Crippen molar-refractivity contribution in [2.75, 3.05) is 13.6 Å². The maximum atomic E-state index is 9.23. The Hall–Kier alpha value is -3.23. The summed E-state index contributed by atoms with van der Waals surface area (Å²) in [6.45, 7) is 6.71. The van der Waals surface area contributed by atoms with Crippen molar-refractivity contribution in [1.29, 1.82) is 15.8 Å². The van der Waals surface area contributed by atoms with Gasteiger partial charge in [0.25, 0.3) is 0 Å². The van der Waals surface area contributed by atoms with Gasteiger partial charge in [0.05, 0.1) is 5.57 Å². The minimum absolute atomic E-state index is 0.0821. The van der Waals surface area contributed by atoms with Crippen LogP contribution < -0.4 is 0 Å². The van der Waals surface area contributed by atoms with E-state index in [2.05, 4.69) is 13.5 Å². The molecule has 0 N–H and O–H groups in total. The van der Waals surface area contributed by atoms with Crippen LogP contribution in [0, 0.1) is 34.0 Å². The molecule has 5 nitrogen and oxygen atoms in total. The number of fused-ring (bicyclic) bond motifs is 1. The Morgan fingerprint density at radius 2 is 2.00 bits per heavy atom. The van der Waals surface area contributed by atoms with E-state index in [1.807, 2.05) is 34.8 Å². The summed E-state index contributed by atoms with van der Waals surface area (Å²) in [5.74, 6) is 0.311. The average Bonchev–Trinajstić information content (AvgIpc) is 2.94. The molecule has 22 heavy (non-hydrogen) atoms. The molecule has 0 aromatic carbocycles. The lowest BCUT2D eigenvalue weighted by atomic mass is 9.94. The lowest BCUT2D eigenvalue weighted by molar-refractivity contribution is 0.421. The van der Waals surface area contributed by atoms with E-state index in [1.54, 1.807) is 24.4 Å². The second-order valence-corrected chi connectivity index (χ2v) is 5.14. The van der Waals surface area contributed by atoms with Gasteiger partial charge in [-0.2, -0.15) is 15.8 Å². The number of rotatable bonds is 2. The number of nitriles is 3. The van der Waals surface area contributed by atoms with Gasteiger partial charge in [-0.15, -0.1) is 0 Å². The van der Waals surface area contributed by atoms with Gasteiger partial charge in [0.2, 0.25) is 0 Å². The van der Waals surface area contributed by atoms with Gasteiger partial charge < -0.3 is 9.47 Å². The second-order valence-electron chi connectivity index (χ2n) is 5.14. The summed E-state index contributed by atoms with van der Waals surface area (Å²) >= 11 is 0. The Morgan fingerprint density at radius 3 is 2.55 bits per heavy atom. The zero-order valence-electron chi connectivity index (χ0n) is 12.5. The van der Waals surface area contributed by atoms with Crippen molar-refractivity contribution in [2.45, 2.75) is 12.8 Å². The summed E-state index contributed by atoms with van der Waals surface area (Å²) in [5, 5.41) is 27.2. The van der Waals surface area contributed by atoms with Crippen molar-refractivity contribution in [3.05, 3.63) is 47.3 Å². The van der Waals surface area contributed by atoms with Crippen LogP contribution in [0.15, 0.2) is 36.1 Å². The van der Waals surface area contributed by atoms with Crippen molar-refractivity contribution < 1.29 is 0 Å². The molecule has 1 aromatic rings. The zero-order chi connectivity index (χ0) is 16.3. The fourth-order valence-corrected chi connectivity index (χ4v) is 2.79. The third-order valence-electron chi connectivity index (χ3n) is 3.75. The predicted octanol–water partition coefficient (Wildman–Crippen LogP) is 2.85. The van der Waals surface area contributed by atoms with Crippen molar-refractivity contribution >= 4 is 11.9 Å². The first-order chi connectivity index (χ1) is 10.6. The summed E-state index contributed by atoms with van der Waals surface area (Å²) in [5.41, 5.74) is 2.84. The molecule has 1 aliphatic heterocycles. The van der Waals surface area contributed by atoms with Crippen LogP contribution in [0.4, 0.5) is 0 Å². The first-order valence-electron chi connectivity index (χ1n) is 6.78. The molecule has 0 fully saturated rings. The highest BCUT2D eigenvalue weighted by molar-refractivity contribution is 5.74. The maximum Gasteiger partial charge on any atom is 0.147 e. The van der Waals surface area contributed by atoms with Crippen LogP contribution in [-0.2, 0) is 0 Å². The first kappa shape index (κ1) is 15.2. The number of aromatic nitrogens is 1. The van der Waals surface area contributed by atoms with Crippen molar-refractivity contribution in [3.8, 4) is 18.2 Å². The Bertz CT molecular complexity index is 786. The molecule has 1 atom stereocenters. The van der Waals surface area contributed by atoms with E-state index >= 15 is 0 Å². The fourth-order valence-electron chi connectivity index (χ4n) is 2.79. The normalized spacial score (nSPS) is 17.9. The second kappa shape index (κ2) is 6.04. The molecular formula is C17H15N5. The SMILES string of the molecule is C=Cn1ccc2c1C(C)CN(C)/C2=C/C(C#N)=C(C#N)C#N. The van der Waals surface area contributed by atoms with Crippen LogP contribution in [0.5, 0.6) is 0 Å². The lowest BCUT2D eigenvalue weighted by Gasteiger charge is -2.33. The molecular weight excluding hydrogens is 274 g/mol. The monoisotopic (exact) mass is 289 g/mol. The van der Waals surface area contributed by atoms with E-state index in [0.29, 0.717) is 5.92 Å². The Balaban J connectivity index is 2.67. The summed E-state index contributed by atoms with van der Waals surface area (Å²) < 4.78 is 1.96. The van der Waals surface area contributed by atoms with Crippen LogP contribution >= 0.6 is 0 Å². The number of hydrogen-bond acceptors (Lipinski definition) is 4. The van der Waals surface area contributed by atoms with Gasteiger partial charge >= 0.3 is 0 Å². The molecule has 0 amide bonds. The van der Waals surface area contributed by atoms with Crippen LogP contribution in [0.1, 0.15) is 24.1 Å². The minimum atomic E-state index is -0.174. The molecule has 1 aliphatic rings. The third kappa shape index (κ3) is 2.39. The Kier molecular flexibility index (Phi) is 4.16. The van der Waals surface area contributed by atoms with E-state index in [-0.39, 0.29) is 11.1 Å². The highest BCUT2D eigenvalue weighted by Crippen LogP contribution is 2.36. The van der Waals surface area contributed by atoms with Gasteiger partial charge in [0, 0.05) is 48.9 Å². The Labute approximate surface area is 129 Å². The molecule has 1 aromatic heterocycles. The summed E-state index contributed by atoms with van der Waals surface area (Å²) in [4.78, 5) is 2.03. The summed E-state index contributed by atoms with van der Waals surface area (Å²) in [6.07, 6.45) is 5.28. The molecule has 0 bridgehead atoms. The van der Waals surface area contributed by atoms with E-state index in [9.17, 15) is 5.26 Å². The topological polar surface area (TPSA) is 79.5 Å². The van der Waals surface area contributed by atoms with Gasteiger partial charge in [0.15, 0.2) is 0 Å². The first-order valence-corrected chi connectivity index (χ1v) is 6.78. The van der Waals surface area contributed by atoms with Crippen LogP contribution in [-0.4, -0.2) is 23.1 Å². The highest BCUT2D eigenvalue weighted by Gasteiger charge is 2.27. The molecule has 0 saturated heterocycles. The third-order valence-corrected chi connectivity index (χ3v) is 3.75. The van der Waals surface area contributed by atoms with Crippen LogP contribution in [0.25, 0.3) is 11.9 Å². The molecule has 1 unspecified atom stereocenters. The number of nitrogens with zero attached hydrogens (tertiary/aromatic N) is 5.